The van der Waals surface area contributed by atoms with Gasteiger partial charge in [0.2, 0.25) is 0 Å². The van der Waals surface area contributed by atoms with Gasteiger partial charge in [0, 0.05) is 6.20 Å². The summed E-state index contributed by atoms with van der Waals surface area (Å²) in [5.74, 6) is 2.19. The zero-order valence-electron chi connectivity index (χ0n) is 14.0. The number of ether oxygens (including phenoxy) is 2. The van der Waals surface area contributed by atoms with Crippen LogP contribution in [0.25, 0.3) is 0 Å². The normalized spacial score (nSPS) is 16.8. The average molecular weight is 340 g/mol. The monoisotopic (exact) mass is 340 g/mol. The fourth-order valence-electron chi connectivity index (χ4n) is 2.99. The molecule has 1 aromatic carbocycles. The molecule has 1 fully saturated rings. The number of hydrogen-bond donors (Lipinski definition) is 2. The number of carbonyl (C=O) groups excluding carboxylic acids is 1. The van der Waals surface area contributed by atoms with Crippen molar-refractivity contribution in [2.24, 2.45) is 0 Å². The number of nitrogens with zero attached hydrogens (tertiary/aromatic N) is 2. The van der Waals surface area contributed by atoms with Gasteiger partial charge < -0.3 is 20.1 Å². The molecule has 4 rings (SSSR count). The number of urea groups is 1. The fourth-order valence-corrected chi connectivity index (χ4v) is 2.99. The van der Waals surface area contributed by atoms with Crippen LogP contribution in [0.1, 0.15) is 29.9 Å². The summed E-state index contributed by atoms with van der Waals surface area (Å²) in [6, 6.07) is 7.46. The Kier molecular flexibility index (Phi) is 3.91. The third-order valence-electron chi connectivity index (χ3n) is 4.46. The van der Waals surface area contributed by atoms with Crippen LogP contribution in [0.15, 0.2) is 30.5 Å². The predicted molar refractivity (Wildman–Crippen MR) is 90.5 cm³/mol. The Labute approximate surface area is 145 Å². The van der Waals surface area contributed by atoms with Crippen molar-refractivity contribution in [3.63, 3.8) is 0 Å². The number of nitrogens with one attached hydrogen (secondary N) is 2. The Morgan fingerprint density at radius 1 is 1.20 bits per heavy atom. The van der Waals surface area contributed by atoms with Gasteiger partial charge in [-0.2, -0.15) is 0 Å². The maximum Gasteiger partial charge on any atom is 0.315 e. The van der Waals surface area contributed by atoms with Crippen LogP contribution in [0.4, 0.5) is 4.79 Å². The van der Waals surface area contributed by atoms with E-state index in [1.54, 1.807) is 12.3 Å². The minimum Gasteiger partial charge on any atom is -0.486 e. The molecule has 2 N–H and O–H groups in total. The molecule has 2 aliphatic rings. The molecule has 0 radical (unpaired) electrons. The molecule has 130 valence electrons. The second-order valence-corrected chi connectivity index (χ2v) is 6.34. The van der Waals surface area contributed by atoms with Crippen molar-refractivity contribution in [1.82, 2.24) is 20.6 Å². The van der Waals surface area contributed by atoms with E-state index in [2.05, 4.69) is 20.6 Å². The summed E-state index contributed by atoms with van der Waals surface area (Å²) in [5, 5.41) is 5.94. The highest BCUT2D eigenvalue weighted by Crippen LogP contribution is 2.47. The van der Waals surface area contributed by atoms with E-state index in [-0.39, 0.29) is 11.6 Å². The van der Waals surface area contributed by atoms with Gasteiger partial charge in [-0.05, 0) is 43.5 Å². The van der Waals surface area contributed by atoms with Crippen LogP contribution in [-0.2, 0) is 12.1 Å². The number of aryl methyl sites for hydroxylation is 1. The number of rotatable bonds is 4. The van der Waals surface area contributed by atoms with E-state index in [9.17, 15) is 4.79 Å². The summed E-state index contributed by atoms with van der Waals surface area (Å²) in [6.45, 7) is 3.31. The number of hydrogen-bond acceptors (Lipinski definition) is 5. The number of carbonyl (C=O) groups is 1. The van der Waals surface area contributed by atoms with Gasteiger partial charge >= 0.3 is 6.03 Å². The van der Waals surface area contributed by atoms with Crippen molar-refractivity contribution in [3.8, 4) is 11.5 Å². The molecule has 2 amide bonds. The van der Waals surface area contributed by atoms with E-state index in [1.165, 1.54) is 0 Å². The third kappa shape index (κ3) is 3.35. The highest BCUT2D eigenvalue weighted by atomic mass is 16.6. The summed E-state index contributed by atoms with van der Waals surface area (Å²) < 4.78 is 11.2. The predicted octanol–water partition coefficient (Wildman–Crippen LogP) is 2.04. The van der Waals surface area contributed by atoms with Crippen molar-refractivity contribution in [1.29, 1.82) is 0 Å². The fraction of sp³-hybridized carbons (Fsp3) is 0.389. The van der Waals surface area contributed by atoms with Gasteiger partial charge in [0.25, 0.3) is 0 Å². The largest absolute Gasteiger partial charge is 0.486 e. The maximum absolute atomic E-state index is 12.3. The molecule has 0 unspecified atom stereocenters. The van der Waals surface area contributed by atoms with Crippen LogP contribution in [0.5, 0.6) is 11.5 Å². The smallest absolute Gasteiger partial charge is 0.315 e. The zero-order chi connectivity index (χ0) is 17.3. The van der Waals surface area contributed by atoms with Gasteiger partial charge in [-0.15, -0.1) is 0 Å². The van der Waals surface area contributed by atoms with Crippen LogP contribution in [0, 0.1) is 6.92 Å². The van der Waals surface area contributed by atoms with Crippen molar-refractivity contribution < 1.29 is 14.3 Å². The summed E-state index contributed by atoms with van der Waals surface area (Å²) >= 11 is 0. The lowest BCUT2D eigenvalue weighted by Crippen LogP contribution is -2.42. The lowest BCUT2D eigenvalue weighted by Gasteiger charge is -2.23. The lowest BCUT2D eigenvalue weighted by atomic mass is 10.0. The molecular weight excluding hydrogens is 320 g/mol. The standard InChI is InChI=1S/C18H20N4O3/c1-12-19-7-4-14(21-12)11-20-17(23)22-18(5-6-18)13-2-3-15-16(10-13)25-9-8-24-15/h2-4,7,10H,5-6,8-9,11H2,1H3,(H2,20,22,23). The maximum atomic E-state index is 12.3. The highest BCUT2D eigenvalue weighted by Gasteiger charge is 2.46. The Bertz CT molecular complexity index is 805. The average Bonchev–Trinajstić information content (AvgIpc) is 3.40. The quantitative estimate of drug-likeness (QED) is 0.890. The van der Waals surface area contributed by atoms with Crippen molar-refractivity contribution >= 4 is 6.03 Å². The summed E-state index contributed by atoms with van der Waals surface area (Å²) in [4.78, 5) is 20.6. The summed E-state index contributed by atoms with van der Waals surface area (Å²) in [6.07, 6.45) is 3.51. The van der Waals surface area contributed by atoms with E-state index in [0.29, 0.717) is 25.6 Å². The SMILES string of the molecule is Cc1nccc(CNC(=O)NC2(c3ccc4c(c3)OCCO4)CC2)n1. The van der Waals surface area contributed by atoms with E-state index >= 15 is 0 Å². The van der Waals surface area contributed by atoms with Crippen molar-refractivity contribution in [2.45, 2.75) is 31.8 Å². The molecule has 1 aromatic heterocycles. The van der Waals surface area contributed by atoms with Crippen LogP contribution in [-0.4, -0.2) is 29.2 Å². The first kappa shape index (κ1) is 15.7. The van der Waals surface area contributed by atoms with Crippen molar-refractivity contribution in [2.75, 3.05) is 13.2 Å². The summed E-state index contributed by atoms with van der Waals surface area (Å²) in [7, 11) is 0. The Balaban J connectivity index is 1.40. The molecule has 2 aromatic rings. The molecule has 1 aliphatic carbocycles. The van der Waals surface area contributed by atoms with Gasteiger partial charge in [-0.25, -0.2) is 14.8 Å². The minimum atomic E-state index is -0.318. The first-order valence-corrected chi connectivity index (χ1v) is 8.39. The molecule has 25 heavy (non-hydrogen) atoms. The van der Waals surface area contributed by atoms with Crippen LogP contribution in [0.2, 0.25) is 0 Å². The van der Waals surface area contributed by atoms with Crippen LogP contribution in [0.3, 0.4) is 0 Å². The van der Waals surface area contributed by atoms with E-state index < -0.39 is 0 Å². The van der Waals surface area contributed by atoms with Gasteiger partial charge in [-0.1, -0.05) is 6.07 Å². The molecule has 1 saturated carbocycles. The highest BCUT2D eigenvalue weighted by molar-refractivity contribution is 5.75. The molecule has 0 bridgehead atoms. The second kappa shape index (κ2) is 6.23. The van der Waals surface area contributed by atoms with E-state index in [4.69, 9.17) is 9.47 Å². The van der Waals surface area contributed by atoms with Crippen LogP contribution < -0.4 is 20.1 Å². The summed E-state index contributed by atoms with van der Waals surface area (Å²) in [5.41, 5.74) is 1.51. The van der Waals surface area contributed by atoms with E-state index in [1.807, 2.05) is 25.1 Å². The Morgan fingerprint density at radius 2 is 2.00 bits per heavy atom. The third-order valence-corrected chi connectivity index (χ3v) is 4.46. The molecule has 0 saturated heterocycles. The second-order valence-electron chi connectivity index (χ2n) is 6.34. The topological polar surface area (TPSA) is 85.4 Å². The molecule has 2 heterocycles. The van der Waals surface area contributed by atoms with Gasteiger partial charge in [0.1, 0.15) is 19.0 Å². The molecule has 7 nitrogen and oxygen atoms in total. The van der Waals surface area contributed by atoms with E-state index in [0.717, 1.165) is 35.6 Å². The molecule has 7 heteroatoms. The van der Waals surface area contributed by atoms with Crippen molar-refractivity contribution in [3.05, 3.63) is 47.5 Å². The first-order valence-electron chi connectivity index (χ1n) is 8.39. The number of fused-ring (bicyclic) bond motifs is 1. The van der Waals surface area contributed by atoms with Crippen LogP contribution >= 0.6 is 0 Å². The molecule has 0 atom stereocenters. The van der Waals surface area contributed by atoms with Gasteiger partial charge in [0.15, 0.2) is 11.5 Å². The zero-order valence-corrected chi connectivity index (χ0v) is 14.0. The molecule has 1 aliphatic heterocycles. The Hall–Kier alpha value is -2.83. The Morgan fingerprint density at radius 3 is 2.76 bits per heavy atom. The number of benzene rings is 1. The minimum absolute atomic E-state index is 0.205. The molecular formula is C18H20N4O3. The number of aromatic nitrogens is 2. The number of amides is 2. The van der Waals surface area contributed by atoms with Gasteiger partial charge in [0.05, 0.1) is 17.8 Å². The molecule has 0 spiro atoms. The van der Waals surface area contributed by atoms with Gasteiger partial charge in [-0.3, -0.25) is 0 Å². The lowest BCUT2D eigenvalue weighted by molar-refractivity contribution is 0.171. The first-order chi connectivity index (χ1) is 12.1.